The highest BCUT2D eigenvalue weighted by molar-refractivity contribution is 9.10. The molecular formula is C12H14BrN5S. The molecule has 3 rings (SSSR count). The van der Waals surface area contributed by atoms with Gasteiger partial charge >= 0.3 is 0 Å². The summed E-state index contributed by atoms with van der Waals surface area (Å²) in [4.78, 5) is 5.69. The first-order valence-electron chi connectivity index (χ1n) is 5.94. The van der Waals surface area contributed by atoms with Crippen molar-refractivity contribution in [3.05, 3.63) is 33.1 Å². The van der Waals surface area contributed by atoms with Crippen LogP contribution in [0.4, 0.5) is 0 Å². The lowest BCUT2D eigenvalue weighted by Gasteiger charge is -2.05. The van der Waals surface area contributed by atoms with Gasteiger partial charge in [0, 0.05) is 18.1 Å². The largest absolute Gasteiger partial charge is 0.314 e. The number of nitrogens with one attached hydrogen (secondary N) is 1. The molecule has 0 spiro atoms. The molecule has 0 bridgehead atoms. The Labute approximate surface area is 123 Å². The summed E-state index contributed by atoms with van der Waals surface area (Å²) in [6.07, 6.45) is 2.05. The Hall–Kier alpha value is -1.18. The van der Waals surface area contributed by atoms with Crippen LogP contribution >= 0.6 is 27.3 Å². The number of aryl methyl sites for hydroxylation is 1. The molecule has 100 valence electrons. The average molecular weight is 340 g/mol. The molecule has 0 radical (unpaired) electrons. The van der Waals surface area contributed by atoms with Gasteiger partial charge in [0.05, 0.1) is 21.6 Å². The maximum absolute atomic E-state index is 4.70. The molecule has 0 saturated carbocycles. The first-order valence-corrected chi connectivity index (χ1v) is 7.62. The third-order valence-electron chi connectivity index (χ3n) is 3.09. The highest BCUT2D eigenvalue weighted by Crippen LogP contribution is 2.26. The number of aromatic nitrogens is 4. The summed E-state index contributed by atoms with van der Waals surface area (Å²) in [5, 5.41) is 9.81. The number of imidazole rings is 1. The lowest BCUT2D eigenvalue weighted by Crippen LogP contribution is -2.11. The summed E-state index contributed by atoms with van der Waals surface area (Å²) < 4.78 is 5.06. The lowest BCUT2D eigenvalue weighted by molar-refractivity contribution is 0.744. The van der Waals surface area contributed by atoms with Crippen LogP contribution in [0.25, 0.3) is 10.8 Å². The van der Waals surface area contributed by atoms with Gasteiger partial charge in [-0.25, -0.2) is 4.68 Å². The van der Waals surface area contributed by atoms with Crippen molar-refractivity contribution in [2.24, 2.45) is 0 Å². The van der Waals surface area contributed by atoms with Gasteiger partial charge in [0.25, 0.3) is 0 Å². The molecule has 3 heterocycles. The normalized spacial score (nSPS) is 11.6. The van der Waals surface area contributed by atoms with Crippen LogP contribution in [-0.2, 0) is 6.54 Å². The fourth-order valence-electron chi connectivity index (χ4n) is 2.15. The van der Waals surface area contributed by atoms with Crippen LogP contribution in [0, 0.1) is 13.8 Å². The van der Waals surface area contributed by atoms with Gasteiger partial charge in [-0.1, -0.05) is 0 Å². The Morgan fingerprint density at radius 2 is 2.21 bits per heavy atom. The van der Waals surface area contributed by atoms with E-state index in [9.17, 15) is 0 Å². The Morgan fingerprint density at radius 3 is 2.84 bits per heavy atom. The highest BCUT2D eigenvalue weighted by atomic mass is 79.9. The van der Waals surface area contributed by atoms with E-state index in [-0.39, 0.29) is 0 Å². The SMILES string of the molecule is CNCc1c(-n2nc(C)c(Br)c2C)nc2sccn12. The van der Waals surface area contributed by atoms with E-state index in [0.717, 1.165) is 38.9 Å². The van der Waals surface area contributed by atoms with E-state index in [0.29, 0.717) is 0 Å². The summed E-state index contributed by atoms with van der Waals surface area (Å²) in [6, 6.07) is 0. The Bertz CT molecular complexity index is 739. The van der Waals surface area contributed by atoms with Crippen LogP contribution in [0.5, 0.6) is 0 Å². The molecule has 0 atom stereocenters. The Morgan fingerprint density at radius 1 is 1.42 bits per heavy atom. The van der Waals surface area contributed by atoms with Crippen molar-refractivity contribution in [2.75, 3.05) is 7.05 Å². The first-order chi connectivity index (χ1) is 9.13. The molecule has 0 aromatic carbocycles. The van der Waals surface area contributed by atoms with E-state index in [2.05, 4.69) is 30.7 Å². The molecular weight excluding hydrogens is 326 g/mol. The van der Waals surface area contributed by atoms with Crippen molar-refractivity contribution < 1.29 is 0 Å². The van der Waals surface area contributed by atoms with Crippen molar-refractivity contribution in [1.82, 2.24) is 24.5 Å². The third-order valence-corrected chi connectivity index (χ3v) is 4.99. The number of hydrogen-bond donors (Lipinski definition) is 1. The molecule has 0 fully saturated rings. The number of hydrogen-bond acceptors (Lipinski definition) is 4. The fraction of sp³-hybridized carbons (Fsp3) is 0.333. The van der Waals surface area contributed by atoms with Gasteiger partial charge in [-0.05, 0) is 36.8 Å². The Balaban J connectivity index is 2.26. The van der Waals surface area contributed by atoms with Crippen molar-refractivity contribution in [2.45, 2.75) is 20.4 Å². The molecule has 0 saturated heterocycles. The topological polar surface area (TPSA) is 47.2 Å². The minimum Gasteiger partial charge on any atom is -0.314 e. The van der Waals surface area contributed by atoms with Crippen LogP contribution in [0.1, 0.15) is 17.1 Å². The number of halogens is 1. The predicted molar refractivity (Wildman–Crippen MR) is 80.1 cm³/mol. The van der Waals surface area contributed by atoms with Crippen molar-refractivity contribution in [1.29, 1.82) is 0 Å². The molecule has 0 aliphatic rings. The smallest absolute Gasteiger partial charge is 0.196 e. The van der Waals surface area contributed by atoms with Gasteiger partial charge in [-0.3, -0.25) is 4.40 Å². The van der Waals surface area contributed by atoms with Crippen molar-refractivity contribution in [3.63, 3.8) is 0 Å². The quantitative estimate of drug-likeness (QED) is 0.797. The maximum atomic E-state index is 4.70. The van der Waals surface area contributed by atoms with Gasteiger partial charge in [0.2, 0.25) is 0 Å². The second-order valence-corrected chi connectivity index (χ2v) is 6.03. The second-order valence-electron chi connectivity index (χ2n) is 4.36. The van der Waals surface area contributed by atoms with Crippen LogP contribution in [-0.4, -0.2) is 26.2 Å². The summed E-state index contributed by atoms with van der Waals surface area (Å²) in [7, 11) is 1.94. The molecule has 7 heteroatoms. The number of nitrogens with zero attached hydrogens (tertiary/aromatic N) is 4. The lowest BCUT2D eigenvalue weighted by atomic mass is 10.4. The molecule has 3 aromatic rings. The molecule has 1 N–H and O–H groups in total. The zero-order chi connectivity index (χ0) is 13.6. The predicted octanol–water partition coefficient (Wildman–Crippen LogP) is 2.68. The van der Waals surface area contributed by atoms with Crippen LogP contribution in [0.3, 0.4) is 0 Å². The molecule has 0 aliphatic carbocycles. The van der Waals surface area contributed by atoms with Gasteiger partial charge in [0.1, 0.15) is 0 Å². The summed E-state index contributed by atoms with van der Waals surface area (Å²) in [5.74, 6) is 0.896. The van der Waals surface area contributed by atoms with Crippen molar-refractivity contribution in [3.8, 4) is 5.82 Å². The van der Waals surface area contributed by atoms with E-state index in [1.54, 1.807) is 11.3 Å². The molecule has 0 aliphatic heterocycles. The van der Waals surface area contributed by atoms with Crippen LogP contribution in [0.2, 0.25) is 0 Å². The van der Waals surface area contributed by atoms with E-state index in [4.69, 9.17) is 4.98 Å². The van der Waals surface area contributed by atoms with Crippen LogP contribution in [0.15, 0.2) is 16.0 Å². The summed E-state index contributed by atoms with van der Waals surface area (Å²) in [5.41, 5.74) is 3.17. The number of thiazole rings is 1. The minimum absolute atomic E-state index is 0.753. The number of rotatable bonds is 3. The Kier molecular flexibility index (Phi) is 3.20. The molecule has 5 nitrogen and oxygen atoms in total. The van der Waals surface area contributed by atoms with Gasteiger partial charge in [-0.2, -0.15) is 10.1 Å². The minimum atomic E-state index is 0.753. The van der Waals surface area contributed by atoms with Crippen molar-refractivity contribution >= 4 is 32.2 Å². The maximum Gasteiger partial charge on any atom is 0.196 e. The monoisotopic (exact) mass is 339 g/mol. The van der Waals surface area contributed by atoms with E-state index >= 15 is 0 Å². The van der Waals surface area contributed by atoms with Gasteiger partial charge < -0.3 is 5.32 Å². The van der Waals surface area contributed by atoms with E-state index in [1.807, 2.05) is 37.2 Å². The van der Waals surface area contributed by atoms with Gasteiger partial charge in [-0.15, -0.1) is 11.3 Å². The third kappa shape index (κ3) is 1.92. The van der Waals surface area contributed by atoms with Gasteiger partial charge in [0.15, 0.2) is 10.8 Å². The zero-order valence-electron chi connectivity index (χ0n) is 10.9. The molecule has 0 amide bonds. The fourth-order valence-corrected chi connectivity index (χ4v) is 3.13. The zero-order valence-corrected chi connectivity index (χ0v) is 13.3. The molecule has 19 heavy (non-hydrogen) atoms. The average Bonchev–Trinajstić information content (AvgIpc) is 3.02. The summed E-state index contributed by atoms with van der Waals surface area (Å²) in [6.45, 7) is 4.79. The molecule has 0 unspecified atom stereocenters. The molecule has 3 aromatic heterocycles. The van der Waals surface area contributed by atoms with E-state index in [1.165, 1.54) is 0 Å². The highest BCUT2D eigenvalue weighted by Gasteiger charge is 2.18. The first kappa shape index (κ1) is 12.8. The van der Waals surface area contributed by atoms with E-state index < -0.39 is 0 Å². The summed E-state index contributed by atoms with van der Waals surface area (Å²) >= 11 is 5.20. The second kappa shape index (κ2) is 4.73. The standard InChI is InChI=1S/C12H14BrN5S/c1-7-10(13)8(2)18(16-7)11-9(6-14-3)17-4-5-19-12(17)15-11/h4-5,14H,6H2,1-3H3. The number of fused-ring (bicyclic) bond motifs is 1. The van der Waals surface area contributed by atoms with Crippen LogP contribution < -0.4 is 5.32 Å².